The van der Waals surface area contributed by atoms with Gasteiger partial charge in [-0.25, -0.2) is 4.98 Å². The molecule has 0 bridgehead atoms. The smallest absolute Gasteiger partial charge is 0.125 e. The molecule has 0 saturated carbocycles. The van der Waals surface area contributed by atoms with Crippen molar-refractivity contribution < 1.29 is 0 Å². The Labute approximate surface area is 120 Å². The van der Waals surface area contributed by atoms with E-state index in [0.717, 1.165) is 18.5 Å². The monoisotopic (exact) mass is 286 g/mol. The van der Waals surface area contributed by atoms with Gasteiger partial charge in [0.15, 0.2) is 0 Å². The van der Waals surface area contributed by atoms with Crippen LogP contribution in [0.5, 0.6) is 0 Å². The zero-order valence-corrected chi connectivity index (χ0v) is 12.3. The molecule has 3 heterocycles. The van der Waals surface area contributed by atoms with E-state index >= 15 is 0 Å². The van der Waals surface area contributed by atoms with Crippen LogP contribution in [0.2, 0.25) is 0 Å². The topological polar surface area (TPSA) is 24.9 Å². The van der Waals surface area contributed by atoms with Crippen molar-refractivity contribution in [3.63, 3.8) is 0 Å². The molecule has 2 nitrogen and oxygen atoms in total. The predicted octanol–water partition coefficient (Wildman–Crippen LogP) is 4.06. The van der Waals surface area contributed by atoms with Gasteiger partial charge >= 0.3 is 0 Å². The standard InChI is InChI=1S/C15H14N2S2/c1-9-6-10-11(8-18-14(10)7-16-9)15-17-12-4-2-3-5-13(12)19-15/h2-5,8-9,16H,6-7H2,1H3. The van der Waals surface area contributed by atoms with Gasteiger partial charge in [-0.15, -0.1) is 22.7 Å². The first-order valence-corrected chi connectivity index (χ1v) is 8.19. The van der Waals surface area contributed by atoms with Crippen LogP contribution in [0.25, 0.3) is 20.8 Å². The average Bonchev–Trinajstić information content (AvgIpc) is 3.00. The molecule has 1 aliphatic heterocycles. The fourth-order valence-electron chi connectivity index (χ4n) is 2.61. The van der Waals surface area contributed by atoms with Crippen molar-refractivity contribution in [3.8, 4) is 10.6 Å². The lowest BCUT2D eigenvalue weighted by molar-refractivity contribution is 0.521. The summed E-state index contributed by atoms with van der Waals surface area (Å²) < 4.78 is 1.28. The largest absolute Gasteiger partial charge is 0.309 e. The van der Waals surface area contributed by atoms with Crippen LogP contribution in [-0.2, 0) is 13.0 Å². The maximum Gasteiger partial charge on any atom is 0.125 e. The lowest BCUT2D eigenvalue weighted by atomic mass is 10.00. The van der Waals surface area contributed by atoms with Crippen molar-refractivity contribution in [2.45, 2.75) is 25.9 Å². The number of benzene rings is 1. The number of fused-ring (bicyclic) bond motifs is 2. The molecule has 0 radical (unpaired) electrons. The number of nitrogens with zero attached hydrogens (tertiary/aromatic N) is 1. The summed E-state index contributed by atoms with van der Waals surface area (Å²) >= 11 is 3.67. The third-order valence-corrected chi connectivity index (χ3v) is 5.72. The van der Waals surface area contributed by atoms with Gasteiger partial charge in [-0.05, 0) is 31.0 Å². The SMILES string of the molecule is CC1Cc2c(-c3nc4ccccc4s3)csc2CN1. The molecular weight excluding hydrogens is 272 g/mol. The quantitative estimate of drug-likeness (QED) is 0.729. The Kier molecular flexibility index (Phi) is 2.69. The summed E-state index contributed by atoms with van der Waals surface area (Å²) in [4.78, 5) is 6.27. The van der Waals surface area contributed by atoms with Gasteiger partial charge < -0.3 is 5.32 Å². The summed E-state index contributed by atoms with van der Waals surface area (Å²) in [6, 6.07) is 8.95. The zero-order chi connectivity index (χ0) is 12.8. The van der Waals surface area contributed by atoms with Gasteiger partial charge in [-0.2, -0.15) is 0 Å². The number of nitrogens with one attached hydrogen (secondary N) is 1. The number of aromatic nitrogens is 1. The van der Waals surface area contributed by atoms with Crippen LogP contribution in [0.1, 0.15) is 17.4 Å². The Morgan fingerprint density at radius 2 is 2.21 bits per heavy atom. The summed E-state index contributed by atoms with van der Waals surface area (Å²) in [6.45, 7) is 3.26. The molecule has 19 heavy (non-hydrogen) atoms. The van der Waals surface area contributed by atoms with E-state index in [-0.39, 0.29) is 0 Å². The molecule has 3 aromatic rings. The van der Waals surface area contributed by atoms with Gasteiger partial charge in [-0.1, -0.05) is 12.1 Å². The maximum atomic E-state index is 4.79. The highest BCUT2D eigenvalue weighted by Gasteiger charge is 2.21. The molecule has 2 aromatic heterocycles. The van der Waals surface area contributed by atoms with E-state index in [2.05, 4.69) is 41.9 Å². The molecule has 1 N–H and O–H groups in total. The minimum absolute atomic E-state index is 0.565. The third kappa shape index (κ3) is 1.91. The van der Waals surface area contributed by atoms with Gasteiger partial charge in [-0.3, -0.25) is 0 Å². The van der Waals surface area contributed by atoms with E-state index in [1.807, 2.05) is 11.3 Å². The van der Waals surface area contributed by atoms with Gasteiger partial charge in [0, 0.05) is 28.4 Å². The summed E-state index contributed by atoms with van der Waals surface area (Å²) in [5, 5.41) is 6.98. The predicted molar refractivity (Wildman–Crippen MR) is 82.9 cm³/mol. The van der Waals surface area contributed by atoms with Crippen molar-refractivity contribution in [3.05, 3.63) is 40.1 Å². The molecule has 0 saturated heterocycles. The minimum atomic E-state index is 0.565. The number of rotatable bonds is 1. The number of hydrogen-bond acceptors (Lipinski definition) is 4. The summed E-state index contributed by atoms with van der Waals surface area (Å²) in [5.74, 6) is 0. The molecule has 4 rings (SSSR count). The number of thiophene rings is 1. The Balaban J connectivity index is 1.86. The van der Waals surface area contributed by atoms with Crippen molar-refractivity contribution >= 4 is 32.9 Å². The van der Waals surface area contributed by atoms with Crippen LogP contribution in [0, 0.1) is 0 Å². The fourth-order valence-corrected chi connectivity index (χ4v) is 4.71. The average molecular weight is 286 g/mol. The number of para-hydroxylation sites is 1. The molecular formula is C15H14N2S2. The van der Waals surface area contributed by atoms with E-state index in [1.165, 1.54) is 25.7 Å². The molecule has 1 aliphatic rings. The molecule has 0 aliphatic carbocycles. The van der Waals surface area contributed by atoms with Gasteiger partial charge in [0.25, 0.3) is 0 Å². The lowest BCUT2D eigenvalue weighted by Crippen LogP contribution is -2.31. The Hall–Kier alpha value is -1.23. The van der Waals surface area contributed by atoms with Crippen molar-refractivity contribution in [1.82, 2.24) is 10.3 Å². The highest BCUT2D eigenvalue weighted by Crippen LogP contribution is 2.38. The van der Waals surface area contributed by atoms with Crippen molar-refractivity contribution in [1.29, 1.82) is 0 Å². The lowest BCUT2D eigenvalue weighted by Gasteiger charge is -2.20. The third-order valence-electron chi connectivity index (χ3n) is 3.63. The molecule has 96 valence electrons. The maximum absolute atomic E-state index is 4.79. The van der Waals surface area contributed by atoms with E-state index in [0.29, 0.717) is 6.04 Å². The Morgan fingerprint density at radius 3 is 3.11 bits per heavy atom. The van der Waals surface area contributed by atoms with E-state index < -0.39 is 0 Å². The van der Waals surface area contributed by atoms with Crippen LogP contribution in [-0.4, -0.2) is 11.0 Å². The fraction of sp³-hybridized carbons (Fsp3) is 0.267. The molecule has 0 amide bonds. The molecule has 4 heteroatoms. The first kappa shape index (κ1) is 11.6. The Morgan fingerprint density at radius 1 is 1.32 bits per heavy atom. The first-order valence-electron chi connectivity index (χ1n) is 6.50. The zero-order valence-electron chi connectivity index (χ0n) is 10.6. The van der Waals surface area contributed by atoms with Gasteiger partial charge in [0.2, 0.25) is 0 Å². The van der Waals surface area contributed by atoms with Crippen LogP contribution >= 0.6 is 22.7 Å². The van der Waals surface area contributed by atoms with Crippen LogP contribution in [0.15, 0.2) is 29.6 Å². The molecule has 0 spiro atoms. The second-order valence-corrected chi connectivity index (χ2v) is 7.02. The first-order chi connectivity index (χ1) is 9.31. The van der Waals surface area contributed by atoms with Crippen LogP contribution in [0.3, 0.4) is 0 Å². The molecule has 1 unspecified atom stereocenters. The Bertz CT molecular complexity index is 709. The minimum Gasteiger partial charge on any atom is -0.309 e. The normalized spacial score (nSPS) is 18.7. The van der Waals surface area contributed by atoms with E-state index in [1.54, 1.807) is 11.3 Å². The highest BCUT2D eigenvalue weighted by molar-refractivity contribution is 7.22. The van der Waals surface area contributed by atoms with E-state index in [9.17, 15) is 0 Å². The van der Waals surface area contributed by atoms with Crippen molar-refractivity contribution in [2.24, 2.45) is 0 Å². The van der Waals surface area contributed by atoms with Crippen LogP contribution in [0.4, 0.5) is 0 Å². The molecule has 0 fully saturated rings. The highest BCUT2D eigenvalue weighted by atomic mass is 32.1. The second kappa shape index (κ2) is 4.40. The molecule has 1 aromatic carbocycles. The summed E-state index contributed by atoms with van der Waals surface area (Å²) in [5.41, 5.74) is 3.98. The van der Waals surface area contributed by atoms with Crippen LogP contribution < -0.4 is 5.32 Å². The number of thiazole rings is 1. The summed E-state index contributed by atoms with van der Waals surface area (Å²) in [6.07, 6.45) is 1.12. The second-order valence-electron chi connectivity index (χ2n) is 5.02. The summed E-state index contributed by atoms with van der Waals surface area (Å²) in [7, 11) is 0. The van der Waals surface area contributed by atoms with Crippen molar-refractivity contribution in [2.75, 3.05) is 0 Å². The van der Waals surface area contributed by atoms with Gasteiger partial charge in [0.05, 0.1) is 10.2 Å². The van der Waals surface area contributed by atoms with Gasteiger partial charge in [0.1, 0.15) is 5.01 Å². The molecule has 1 atom stereocenters. The number of hydrogen-bond donors (Lipinski definition) is 1. The van der Waals surface area contributed by atoms with E-state index in [4.69, 9.17) is 4.98 Å².